The lowest BCUT2D eigenvalue weighted by Crippen LogP contribution is -2.41. The molecule has 0 radical (unpaired) electrons. The van der Waals surface area contributed by atoms with Crippen LogP contribution in [-0.2, 0) is 16.1 Å². The van der Waals surface area contributed by atoms with Crippen LogP contribution in [-0.4, -0.2) is 67.0 Å². The summed E-state index contributed by atoms with van der Waals surface area (Å²) in [5, 5.41) is 0. The van der Waals surface area contributed by atoms with Crippen LogP contribution >= 0.6 is 0 Å². The smallest absolute Gasteiger partial charge is 0.275 e. The number of amides is 2. The minimum Gasteiger partial charge on any atom is -0.482 e. The zero-order valence-corrected chi connectivity index (χ0v) is 19.1. The van der Waals surface area contributed by atoms with Crippen molar-refractivity contribution in [2.24, 2.45) is 0 Å². The number of ether oxygens (including phenoxy) is 3. The number of rotatable bonds is 7. The molecule has 2 aliphatic heterocycles. The van der Waals surface area contributed by atoms with Gasteiger partial charge in [-0.3, -0.25) is 19.3 Å². The van der Waals surface area contributed by atoms with E-state index in [1.54, 1.807) is 23.1 Å². The van der Waals surface area contributed by atoms with Gasteiger partial charge in [0.2, 0.25) is 5.89 Å². The van der Waals surface area contributed by atoms with E-state index >= 15 is 0 Å². The molecule has 3 aromatic rings. The van der Waals surface area contributed by atoms with Crippen LogP contribution in [0.3, 0.4) is 0 Å². The highest BCUT2D eigenvalue weighted by molar-refractivity contribution is 6.02. The number of halogens is 1. The van der Waals surface area contributed by atoms with Crippen molar-refractivity contribution >= 4 is 23.3 Å². The quantitative estimate of drug-likeness (QED) is 0.460. The summed E-state index contributed by atoms with van der Waals surface area (Å²) < 4.78 is 35.3. The first kappa shape index (κ1) is 23.5. The molecule has 1 aromatic heterocycles. The Balaban J connectivity index is 1.31. The maximum atomic E-state index is 13.8. The number of hydrogen-bond acceptors (Lipinski definition) is 8. The average Bonchev–Trinajstić information content (AvgIpc) is 3.38. The number of Topliss-reactive ketones (excluding diaryl/α,β-unsaturated/α-hetero) is 1. The highest BCUT2D eigenvalue weighted by Gasteiger charge is 2.29. The first-order valence-corrected chi connectivity index (χ1v) is 11.3. The zero-order chi connectivity index (χ0) is 25.1. The lowest BCUT2D eigenvalue weighted by Gasteiger charge is -2.28. The molecule has 2 amide bonds. The van der Waals surface area contributed by atoms with Gasteiger partial charge in [-0.25, -0.2) is 9.37 Å². The number of fused-ring (bicyclic) bond motifs is 1. The number of oxazole rings is 1. The van der Waals surface area contributed by atoms with Crippen molar-refractivity contribution in [2.75, 3.05) is 44.4 Å². The standard InChI is InChI=1S/C25H22FN3O7/c26-17-3-1-2-4-21(17)34-14-20(30)16-5-6-22-19(11-16)29(24(31)15-35-22)12-23-27-18(13-36-23)25(32)28-7-9-33-10-8-28/h1-6,11,13H,7-10,12,14-15H2. The van der Waals surface area contributed by atoms with Crippen molar-refractivity contribution < 1.29 is 37.4 Å². The molecule has 3 heterocycles. The highest BCUT2D eigenvalue weighted by Crippen LogP contribution is 2.34. The fourth-order valence-electron chi connectivity index (χ4n) is 3.88. The highest BCUT2D eigenvalue weighted by atomic mass is 19.1. The van der Waals surface area contributed by atoms with Crippen LogP contribution in [0.2, 0.25) is 0 Å². The number of benzene rings is 2. The SMILES string of the molecule is O=C(COc1ccccc1F)c1ccc2c(c1)N(Cc1nc(C(=O)N3CCOCC3)co1)C(=O)CO2. The molecule has 0 spiro atoms. The number of carbonyl (C=O) groups is 3. The molecule has 2 aliphatic rings. The third-order valence-electron chi connectivity index (χ3n) is 5.78. The maximum Gasteiger partial charge on any atom is 0.275 e. The zero-order valence-electron chi connectivity index (χ0n) is 19.1. The Labute approximate surface area is 205 Å². The Morgan fingerprint density at radius 2 is 1.92 bits per heavy atom. The van der Waals surface area contributed by atoms with E-state index in [0.717, 1.165) is 0 Å². The van der Waals surface area contributed by atoms with Crippen molar-refractivity contribution in [1.82, 2.24) is 9.88 Å². The minimum atomic E-state index is -0.571. The van der Waals surface area contributed by atoms with Crippen molar-refractivity contribution in [3.8, 4) is 11.5 Å². The number of anilines is 1. The topological polar surface area (TPSA) is 111 Å². The predicted octanol–water partition coefficient (Wildman–Crippen LogP) is 2.47. The van der Waals surface area contributed by atoms with E-state index in [0.29, 0.717) is 37.7 Å². The van der Waals surface area contributed by atoms with Gasteiger partial charge in [0.05, 0.1) is 18.9 Å². The second-order valence-electron chi connectivity index (χ2n) is 8.12. The lowest BCUT2D eigenvalue weighted by molar-refractivity contribution is -0.121. The molecule has 2 aromatic carbocycles. The van der Waals surface area contributed by atoms with Crippen LogP contribution in [0.15, 0.2) is 53.1 Å². The third kappa shape index (κ3) is 4.91. The average molecular weight is 495 g/mol. The summed E-state index contributed by atoms with van der Waals surface area (Å²) in [4.78, 5) is 45.3. The van der Waals surface area contributed by atoms with Crippen molar-refractivity contribution in [3.05, 3.63) is 71.7 Å². The molecule has 0 atom stereocenters. The number of morpholine rings is 1. The summed E-state index contributed by atoms with van der Waals surface area (Å²) in [7, 11) is 0. The summed E-state index contributed by atoms with van der Waals surface area (Å²) in [5.74, 6) is -1.09. The maximum absolute atomic E-state index is 13.8. The van der Waals surface area contributed by atoms with Gasteiger partial charge in [0, 0.05) is 18.7 Å². The molecule has 36 heavy (non-hydrogen) atoms. The van der Waals surface area contributed by atoms with Crippen molar-refractivity contribution in [1.29, 1.82) is 0 Å². The predicted molar refractivity (Wildman–Crippen MR) is 123 cm³/mol. The molecule has 0 saturated carbocycles. The summed E-state index contributed by atoms with van der Waals surface area (Å²) in [6.45, 7) is 1.21. The molecular weight excluding hydrogens is 473 g/mol. The Morgan fingerprint density at radius 3 is 2.72 bits per heavy atom. The van der Waals surface area contributed by atoms with E-state index in [9.17, 15) is 18.8 Å². The van der Waals surface area contributed by atoms with Gasteiger partial charge in [0.25, 0.3) is 11.8 Å². The Bertz CT molecular complexity index is 1300. The third-order valence-corrected chi connectivity index (χ3v) is 5.78. The van der Waals surface area contributed by atoms with E-state index in [1.165, 1.54) is 35.4 Å². The van der Waals surface area contributed by atoms with Crippen LogP contribution in [0.5, 0.6) is 11.5 Å². The molecule has 5 rings (SSSR count). The van der Waals surface area contributed by atoms with Gasteiger partial charge in [-0.05, 0) is 30.3 Å². The van der Waals surface area contributed by atoms with Gasteiger partial charge >= 0.3 is 0 Å². The number of para-hydroxylation sites is 1. The van der Waals surface area contributed by atoms with Crippen LogP contribution < -0.4 is 14.4 Å². The molecule has 1 fully saturated rings. The van der Waals surface area contributed by atoms with E-state index in [1.807, 2.05) is 0 Å². The molecule has 186 valence electrons. The van der Waals surface area contributed by atoms with Crippen LogP contribution in [0.1, 0.15) is 26.7 Å². The summed E-state index contributed by atoms with van der Waals surface area (Å²) >= 11 is 0. The molecular formula is C25H22FN3O7. The van der Waals surface area contributed by atoms with Crippen LogP contribution in [0.4, 0.5) is 10.1 Å². The van der Waals surface area contributed by atoms with E-state index < -0.39 is 11.6 Å². The van der Waals surface area contributed by atoms with Crippen LogP contribution in [0.25, 0.3) is 0 Å². The Kier molecular flexibility index (Phi) is 6.63. The van der Waals surface area contributed by atoms with Crippen LogP contribution in [0, 0.1) is 5.82 Å². The van der Waals surface area contributed by atoms with Crippen molar-refractivity contribution in [2.45, 2.75) is 6.54 Å². The second-order valence-corrected chi connectivity index (χ2v) is 8.12. The van der Waals surface area contributed by atoms with E-state index in [4.69, 9.17) is 18.6 Å². The molecule has 0 aliphatic carbocycles. The fourth-order valence-corrected chi connectivity index (χ4v) is 3.88. The van der Waals surface area contributed by atoms with Gasteiger partial charge in [0.15, 0.2) is 36.3 Å². The molecule has 0 N–H and O–H groups in total. The monoisotopic (exact) mass is 495 g/mol. The van der Waals surface area contributed by atoms with Gasteiger partial charge in [0.1, 0.15) is 18.6 Å². The summed E-state index contributed by atoms with van der Waals surface area (Å²) in [6.07, 6.45) is 1.26. The number of aromatic nitrogens is 1. The van der Waals surface area contributed by atoms with Crippen molar-refractivity contribution in [3.63, 3.8) is 0 Å². The summed E-state index contributed by atoms with van der Waals surface area (Å²) in [6, 6.07) is 10.4. The number of ketones is 1. The van der Waals surface area contributed by atoms with Gasteiger partial charge in [-0.1, -0.05) is 12.1 Å². The van der Waals surface area contributed by atoms with Gasteiger partial charge < -0.3 is 23.5 Å². The van der Waals surface area contributed by atoms with E-state index in [2.05, 4.69) is 4.98 Å². The van der Waals surface area contributed by atoms with Gasteiger partial charge in [-0.2, -0.15) is 0 Å². The Hall–Kier alpha value is -4.25. The first-order chi connectivity index (χ1) is 17.5. The largest absolute Gasteiger partial charge is 0.482 e. The minimum absolute atomic E-state index is 0.0322. The number of nitrogens with zero attached hydrogens (tertiary/aromatic N) is 3. The van der Waals surface area contributed by atoms with E-state index in [-0.39, 0.29) is 54.5 Å². The summed E-state index contributed by atoms with van der Waals surface area (Å²) in [5.41, 5.74) is 0.744. The molecule has 0 bridgehead atoms. The molecule has 0 unspecified atom stereocenters. The normalized spacial score (nSPS) is 15.3. The molecule has 1 saturated heterocycles. The van der Waals surface area contributed by atoms with Gasteiger partial charge in [-0.15, -0.1) is 0 Å². The number of carbonyl (C=O) groups excluding carboxylic acids is 3. The first-order valence-electron chi connectivity index (χ1n) is 11.3. The lowest BCUT2D eigenvalue weighted by atomic mass is 10.1. The Morgan fingerprint density at radius 1 is 1.11 bits per heavy atom. The molecule has 10 nitrogen and oxygen atoms in total. The molecule has 11 heteroatoms. The number of hydrogen-bond donors (Lipinski definition) is 0. The fraction of sp³-hybridized carbons (Fsp3) is 0.280. The second kappa shape index (κ2) is 10.2.